The molecule has 1 N–H and O–H groups in total. The molecule has 2 aromatic carbocycles. The van der Waals surface area contributed by atoms with Crippen LogP contribution in [0.25, 0.3) is 0 Å². The molecule has 5 heteroatoms. The molecule has 120 valence electrons. The number of methoxy groups -OCH3 is 2. The van der Waals surface area contributed by atoms with Crippen molar-refractivity contribution in [3.8, 4) is 11.5 Å². The Morgan fingerprint density at radius 3 is 2.18 bits per heavy atom. The Balaban J connectivity index is 0.00000242. The Morgan fingerprint density at radius 1 is 0.955 bits per heavy atom. The Morgan fingerprint density at radius 2 is 1.59 bits per heavy atom. The summed E-state index contributed by atoms with van der Waals surface area (Å²) in [5.41, 5.74) is 3.59. The van der Waals surface area contributed by atoms with Crippen LogP contribution in [0.3, 0.4) is 0 Å². The van der Waals surface area contributed by atoms with Crippen LogP contribution in [0, 0.1) is 6.92 Å². The van der Waals surface area contributed by atoms with Crippen LogP contribution >= 0.6 is 24.0 Å². The van der Waals surface area contributed by atoms with E-state index in [0.29, 0.717) is 23.1 Å². The Kier molecular flexibility index (Phi) is 7.52. The van der Waals surface area contributed by atoms with Crippen molar-refractivity contribution in [1.29, 1.82) is 0 Å². The van der Waals surface area contributed by atoms with Crippen LogP contribution in [0.15, 0.2) is 36.4 Å². The van der Waals surface area contributed by atoms with Crippen molar-refractivity contribution in [3.63, 3.8) is 0 Å². The van der Waals surface area contributed by atoms with E-state index in [-0.39, 0.29) is 12.4 Å². The Hall–Kier alpha value is -1.42. The average Bonchev–Trinajstić information content (AvgIpc) is 2.48. The van der Waals surface area contributed by atoms with Gasteiger partial charge in [0.25, 0.3) is 0 Å². The highest BCUT2D eigenvalue weighted by Crippen LogP contribution is 2.35. The fourth-order valence-corrected chi connectivity index (χ4v) is 2.44. The second-order valence-electron chi connectivity index (χ2n) is 4.90. The van der Waals surface area contributed by atoms with E-state index in [4.69, 9.17) is 21.1 Å². The molecule has 0 heterocycles. The molecule has 0 spiro atoms. The van der Waals surface area contributed by atoms with Crippen LogP contribution in [-0.2, 0) is 13.1 Å². The highest BCUT2D eigenvalue weighted by atomic mass is 35.5. The van der Waals surface area contributed by atoms with Crippen molar-refractivity contribution in [1.82, 2.24) is 5.32 Å². The molecule has 0 aromatic heterocycles. The maximum atomic E-state index is 6.19. The van der Waals surface area contributed by atoms with Gasteiger partial charge < -0.3 is 14.8 Å². The van der Waals surface area contributed by atoms with Gasteiger partial charge in [-0.3, -0.25) is 0 Å². The molecule has 3 nitrogen and oxygen atoms in total. The SMILES string of the molecule is COc1cc(CNCc2ccc(C)cc2)cc(Cl)c1OC.Cl. The minimum atomic E-state index is 0. The molecule has 2 aromatic rings. The topological polar surface area (TPSA) is 30.5 Å². The number of rotatable bonds is 6. The normalized spacial score (nSPS) is 10.0. The van der Waals surface area contributed by atoms with E-state index < -0.39 is 0 Å². The highest BCUT2D eigenvalue weighted by Gasteiger charge is 2.10. The fraction of sp³-hybridized carbons (Fsp3) is 0.294. The predicted molar refractivity (Wildman–Crippen MR) is 93.5 cm³/mol. The standard InChI is InChI=1S/C17H20ClNO2.ClH/c1-12-4-6-13(7-5-12)10-19-11-14-8-15(18)17(21-3)16(9-14)20-2;/h4-9,19H,10-11H2,1-3H3;1H. The number of nitrogens with one attached hydrogen (secondary N) is 1. The van der Waals surface area contributed by atoms with Gasteiger partial charge in [0.2, 0.25) is 0 Å². The molecule has 0 fully saturated rings. The van der Waals surface area contributed by atoms with E-state index in [1.54, 1.807) is 14.2 Å². The summed E-state index contributed by atoms with van der Waals surface area (Å²) in [6.07, 6.45) is 0. The van der Waals surface area contributed by atoms with Gasteiger partial charge in [0, 0.05) is 13.1 Å². The molecule has 2 rings (SSSR count). The summed E-state index contributed by atoms with van der Waals surface area (Å²) < 4.78 is 10.5. The van der Waals surface area contributed by atoms with Gasteiger partial charge in [-0.25, -0.2) is 0 Å². The molecule has 0 aliphatic carbocycles. The lowest BCUT2D eigenvalue weighted by Crippen LogP contribution is -2.12. The summed E-state index contributed by atoms with van der Waals surface area (Å²) in [5.74, 6) is 1.22. The first-order valence-electron chi connectivity index (χ1n) is 6.80. The summed E-state index contributed by atoms with van der Waals surface area (Å²) in [7, 11) is 3.19. The maximum Gasteiger partial charge on any atom is 0.179 e. The second-order valence-corrected chi connectivity index (χ2v) is 5.31. The number of hydrogen-bond acceptors (Lipinski definition) is 3. The summed E-state index contributed by atoms with van der Waals surface area (Å²) in [6, 6.07) is 12.3. The van der Waals surface area contributed by atoms with E-state index in [1.165, 1.54) is 11.1 Å². The van der Waals surface area contributed by atoms with E-state index >= 15 is 0 Å². The molecule has 0 amide bonds. The molecule has 0 atom stereocenters. The second kappa shape index (κ2) is 8.89. The molecular weight excluding hydrogens is 321 g/mol. The smallest absolute Gasteiger partial charge is 0.179 e. The van der Waals surface area contributed by atoms with Crippen molar-refractivity contribution >= 4 is 24.0 Å². The summed E-state index contributed by atoms with van der Waals surface area (Å²) in [5, 5.41) is 3.96. The number of aryl methyl sites for hydroxylation is 1. The largest absolute Gasteiger partial charge is 0.493 e. The lowest BCUT2D eigenvalue weighted by molar-refractivity contribution is 0.354. The van der Waals surface area contributed by atoms with Crippen LogP contribution in [0.1, 0.15) is 16.7 Å². The predicted octanol–water partition coefficient (Wildman–Crippen LogP) is 4.38. The summed E-state index contributed by atoms with van der Waals surface area (Å²) >= 11 is 6.19. The number of ether oxygens (including phenoxy) is 2. The van der Waals surface area contributed by atoms with Crippen LogP contribution in [0.4, 0.5) is 0 Å². The van der Waals surface area contributed by atoms with Crippen LogP contribution < -0.4 is 14.8 Å². The number of halogens is 2. The van der Waals surface area contributed by atoms with Crippen molar-refractivity contribution in [2.45, 2.75) is 20.0 Å². The first kappa shape index (κ1) is 18.6. The Bertz CT molecular complexity index is 600. The van der Waals surface area contributed by atoms with Gasteiger partial charge >= 0.3 is 0 Å². The fourth-order valence-electron chi connectivity index (χ4n) is 2.13. The molecular formula is C17H21Cl2NO2. The van der Waals surface area contributed by atoms with Gasteiger partial charge in [0.15, 0.2) is 11.5 Å². The molecule has 0 unspecified atom stereocenters. The monoisotopic (exact) mass is 341 g/mol. The molecule has 0 aliphatic rings. The van der Waals surface area contributed by atoms with Gasteiger partial charge in [-0.05, 0) is 30.2 Å². The van der Waals surface area contributed by atoms with Crippen molar-refractivity contribution in [3.05, 3.63) is 58.1 Å². The molecule has 0 bridgehead atoms. The molecule has 22 heavy (non-hydrogen) atoms. The highest BCUT2D eigenvalue weighted by molar-refractivity contribution is 6.32. The minimum absolute atomic E-state index is 0. The third-order valence-corrected chi connectivity index (χ3v) is 3.55. The van der Waals surface area contributed by atoms with E-state index in [0.717, 1.165) is 12.1 Å². The van der Waals surface area contributed by atoms with E-state index in [2.05, 4.69) is 36.5 Å². The molecule has 0 radical (unpaired) electrons. The maximum absolute atomic E-state index is 6.19. The van der Waals surface area contributed by atoms with Gasteiger partial charge in [0.05, 0.1) is 19.2 Å². The van der Waals surface area contributed by atoms with Gasteiger partial charge in [-0.2, -0.15) is 0 Å². The van der Waals surface area contributed by atoms with Crippen molar-refractivity contribution in [2.24, 2.45) is 0 Å². The zero-order chi connectivity index (χ0) is 15.2. The lowest BCUT2D eigenvalue weighted by atomic mass is 10.1. The van der Waals surface area contributed by atoms with E-state index in [1.807, 2.05) is 12.1 Å². The van der Waals surface area contributed by atoms with Gasteiger partial charge in [0.1, 0.15) is 0 Å². The first-order valence-corrected chi connectivity index (χ1v) is 7.18. The number of benzene rings is 2. The summed E-state index contributed by atoms with van der Waals surface area (Å²) in [4.78, 5) is 0. The van der Waals surface area contributed by atoms with Crippen molar-refractivity contribution in [2.75, 3.05) is 14.2 Å². The Labute approximate surface area is 143 Å². The average molecular weight is 342 g/mol. The van der Waals surface area contributed by atoms with Crippen LogP contribution in [0.5, 0.6) is 11.5 Å². The lowest BCUT2D eigenvalue weighted by Gasteiger charge is -2.12. The third-order valence-electron chi connectivity index (χ3n) is 3.27. The van der Waals surface area contributed by atoms with Gasteiger partial charge in [-0.1, -0.05) is 41.4 Å². The van der Waals surface area contributed by atoms with Crippen LogP contribution in [-0.4, -0.2) is 14.2 Å². The minimum Gasteiger partial charge on any atom is -0.493 e. The van der Waals surface area contributed by atoms with Crippen molar-refractivity contribution < 1.29 is 9.47 Å². The summed E-state index contributed by atoms with van der Waals surface area (Å²) in [6.45, 7) is 3.61. The number of hydrogen-bond donors (Lipinski definition) is 1. The van der Waals surface area contributed by atoms with E-state index in [9.17, 15) is 0 Å². The molecule has 0 saturated heterocycles. The van der Waals surface area contributed by atoms with Crippen LogP contribution in [0.2, 0.25) is 5.02 Å². The molecule has 0 saturated carbocycles. The zero-order valence-electron chi connectivity index (χ0n) is 13.0. The zero-order valence-corrected chi connectivity index (χ0v) is 14.6. The van der Waals surface area contributed by atoms with Gasteiger partial charge in [-0.15, -0.1) is 12.4 Å². The first-order chi connectivity index (χ1) is 10.1. The third kappa shape index (κ3) is 4.80. The quantitative estimate of drug-likeness (QED) is 0.845. The molecule has 0 aliphatic heterocycles.